The Hall–Kier alpha value is -3.21. The number of nitrogens with one attached hydrogen (secondary N) is 1. The van der Waals surface area contributed by atoms with Gasteiger partial charge in [-0.3, -0.25) is 14.7 Å². The van der Waals surface area contributed by atoms with Crippen molar-refractivity contribution in [2.24, 2.45) is 0 Å². The molecule has 2 unspecified atom stereocenters. The molecular formula is C30H30ClN3O. The molecule has 3 aromatic carbocycles. The van der Waals surface area contributed by atoms with Crippen molar-refractivity contribution in [2.75, 3.05) is 5.32 Å². The summed E-state index contributed by atoms with van der Waals surface area (Å²) in [5, 5.41) is 5.99. The van der Waals surface area contributed by atoms with Crippen LogP contribution in [-0.2, 0) is 6.54 Å². The molecule has 1 saturated heterocycles. The smallest absolute Gasteiger partial charge is 0.257 e. The second-order valence-corrected chi connectivity index (χ2v) is 10.0. The molecule has 1 aromatic heterocycles. The second-order valence-electron chi connectivity index (χ2n) is 9.59. The van der Waals surface area contributed by atoms with E-state index in [0.29, 0.717) is 22.7 Å². The lowest BCUT2D eigenvalue weighted by Crippen LogP contribution is -2.42. The van der Waals surface area contributed by atoms with E-state index in [-0.39, 0.29) is 5.91 Å². The zero-order valence-corrected chi connectivity index (χ0v) is 20.9. The first kappa shape index (κ1) is 23.5. The Labute approximate surface area is 212 Å². The number of carbonyl (C=O) groups excluding carboxylic acids is 1. The third-order valence-corrected chi connectivity index (χ3v) is 7.32. The van der Waals surface area contributed by atoms with Gasteiger partial charge in [0, 0.05) is 41.1 Å². The number of benzene rings is 3. The maximum Gasteiger partial charge on any atom is 0.257 e. The molecule has 1 amide bonds. The molecule has 0 spiro atoms. The molecule has 4 aromatic rings. The molecule has 5 rings (SSSR count). The zero-order valence-electron chi connectivity index (χ0n) is 20.2. The van der Waals surface area contributed by atoms with Crippen molar-refractivity contribution in [1.82, 2.24) is 9.88 Å². The van der Waals surface area contributed by atoms with E-state index in [9.17, 15) is 4.79 Å². The summed E-state index contributed by atoms with van der Waals surface area (Å²) in [6.45, 7) is 5.66. The molecule has 178 valence electrons. The number of hydrogen-bond acceptors (Lipinski definition) is 3. The highest BCUT2D eigenvalue weighted by atomic mass is 35.5. The van der Waals surface area contributed by atoms with Gasteiger partial charge in [0.25, 0.3) is 5.91 Å². The molecule has 5 heteroatoms. The van der Waals surface area contributed by atoms with E-state index < -0.39 is 0 Å². The number of hydrogen-bond donors (Lipinski definition) is 1. The normalized spacial score (nSPS) is 18.5. The first-order chi connectivity index (χ1) is 17.0. The summed E-state index contributed by atoms with van der Waals surface area (Å²) in [5.41, 5.74) is 4.38. The number of halogens is 1. The molecule has 1 aliphatic rings. The molecule has 0 aliphatic carbocycles. The van der Waals surface area contributed by atoms with Crippen LogP contribution in [0.4, 0.5) is 5.69 Å². The van der Waals surface area contributed by atoms with E-state index >= 15 is 0 Å². The zero-order chi connectivity index (χ0) is 24.4. The van der Waals surface area contributed by atoms with Crippen molar-refractivity contribution >= 4 is 34.0 Å². The number of likely N-dealkylation sites (tertiary alicyclic amines) is 1. The molecule has 2 heterocycles. The number of aromatic nitrogens is 1. The fourth-order valence-corrected chi connectivity index (χ4v) is 5.12. The van der Waals surface area contributed by atoms with Gasteiger partial charge < -0.3 is 5.32 Å². The number of anilines is 1. The summed E-state index contributed by atoms with van der Waals surface area (Å²) < 4.78 is 0. The van der Waals surface area contributed by atoms with Gasteiger partial charge in [-0.25, -0.2) is 0 Å². The van der Waals surface area contributed by atoms with Crippen LogP contribution >= 0.6 is 11.6 Å². The third-order valence-electron chi connectivity index (χ3n) is 7.07. The number of fused-ring (bicyclic) bond motifs is 1. The summed E-state index contributed by atoms with van der Waals surface area (Å²) in [5.74, 6) is -0.177. The predicted octanol–water partition coefficient (Wildman–Crippen LogP) is 7.57. The van der Waals surface area contributed by atoms with E-state index in [2.05, 4.69) is 53.3 Å². The fraction of sp³-hybridized carbons (Fsp3) is 0.267. The van der Waals surface area contributed by atoms with Crippen LogP contribution in [0.3, 0.4) is 0 Å². The van der Waals surface area contributed by atoms with E-state index in [1.807, 2.05) is 42.5 Å². The van der Waals surface area contributed by atoms with Gasteiger partial charge in [-0.15, -0.1) is 0 Å². The van der Waals surface area contributed by atoms with Crippen molar-refractivity contribution in [3.63, 3.8) is 0 Å². The number of nitrogens with zero attached hydrogens (tertiary/aromatic N) is 2. The van der Waals surface area contributed by atoms with Gasteiger partial charge >= 0.3 is 0 Å². The Morgan fingerprint density at radius 1 is 0.943 bits per heavy atom. The molecule has 1 aliphatic heterocycles. The van der Waals surface area contributed by atoms with Crippen molar-refractivity contribution in [3.8, 4) is 11.3 Å². The highest BCUT2D eigenvalue weighted by Crippen LogP contribution is 2.27. The largest absolute Gasteiger partial charge is 0.322 e. The molecule has 1 fully saturated rings. The van der Waals surface area contributed by atoms with Crippen molar-refractivity contribution in [3.05, 3.63) is 95.1 Å². The van der Waals surface area contributed by atoms with Crippen LogP contribution in [0.25, 0.3) is 22.0 Å². The Morgan fingerprint density at radius 2 is 1.66 bits per heavy atom. The monoisotopic (exact) mass is 483 g/mol. The van der Waals surface area contributed by atoms with Crippen molar-refractivity contribution in [2.45, 2.75) is 51.7 Å². The van der Waals surface area contributed by atoms with Gasteiger partial charge in [0.05, 0.1) is 11.3 Å². The number of pyridine rings is 1. The number of carbonyl (C=O) groups is 1. The van der Waals surface area contributed by atoms with Crippen molar-refractivity contribution in [1.29, 1.82) is 0 Å². The summed E-state index contributed by atoms with van der Waals surface area (Å²) in [6, 6.07) is 25.1. The molecule has 2 atom stereocenters. The summed E-state index contributed by atoms with van der Waals surface area (Å²) >= 11 is 5.96. The second kappa shape index (κ2) is 10.2. The maximum absolute atomic E-state index is 12.8. The molecule has 0 radical (unpaired) electrons. The van der Waals surface area contributed by atoms with Crippen LogP contribution in [0.2, 0.25) is 5.02 Å². The minimum Gasteiger partial charge on any atom is -0.322 e. The van der Waals surface area contributed by atoms with Crippen LogP contribution in [0.15, 0.2) is 79.0 Å². The van der Waals surface area contributed by atoms with Crippen LogP contribution in [0, 0.1) is 0 Å². The van der Waals surface area contributed by atoms with Gasteiger partial charge in [0.1, 0.15) is 0 Å². The lowest BCUT2D eigenvalue weighted by molar-refractivity contribution is 0.0953. The average molecular weight is 484 g/mol. The van der Waals surface area contributed by atoms with E-state index in [0.717, 1.165) is 28.9 Å². The predicted molar refractivity (Wildman–Crippen MR) is 145 cm³/mol. The SMILES string of the molecule is CC1CCCC(C)N1Cc1ccc2cc(NC(=O)c3ccc(-c4ccc(Cl)cc4)nc3)ccc2c1. The molecule has 35 heavy (non-hydrogen) atoms. The molecular weight excluding hydrogens is 454 g/mol. The molecule has 0 bridgehead atoms. The van der Waals surface area contributed by atoms with Gasteiger partial charge in [0.2, 0.25) is 0 Å². The fourth-order valence-electron chi connectivity index (χ4n) is 4.99. The molecule has 4 nitrogen and oxygen atoms in total. The number of rotatable bonds is 5. The highest BCUT2D eigenvalue weighted by Gasteiger charge is 2.24. The van der Waals surface area contributed by atoms with Crippen LogP contribution < -0.4 is 5.32 Å². The van der Waals surface area contributed by atoms with Crippen LogP contribution in [0.1, 0.15) is 49.0 Å². The number of amides is 1. The molecule has 0 saturated carbocycles. The van der Waals surface area contributed by atoms with Gasteiger partial charge in [-0.2, -0.15) is 0 Å². The van der Waals surface area contributed by atoms with Crippen LogP contribution in [0.5, 0.6) is 0 Å². The first-order valence-electron chi connectivity index (χ1n) is 12.3. The van der Waals surface area contributed by atoms with Crippen molar-refractivity contribution < 1.29 is 4.79 Å². The highest BCUT2D eigenvalue weighted by molar-refractivity contribution is 6.30. The summed E-state index contributed by atoms with van der Waals surface area (Å²) in [7, 11) is 0. The maximum atomic E-state index is 12.8. The Morgan fingerprint density at radius 3 is 2.37 bits per heavy atom. The quantitative estimate of drug-likeness (QED) is 0.318. The minimum atomic E-state index is -0.177. The summed E-state index contributed by atoms with van der Waals surface area (Å²) in [6.07, 6.45) is 5.49. The van der Waals surface area contributed by atoms with E-state index in [1.54, 1.807) is 12.3 Å². The first-order valence-corrected chi connectivity index (χ1v) is 12.7. The Balaban J connectivity index is 1.27. The Bertz CT molecular complexity index is 1320. The lowest BCUT2D eigenvalue weighted by atomic mass is 9.96. The van der Waals surface area contributed by atoms with Gasteiger partial charge in [0.15, 0.2) is 0 Å². The topological polar surface area (TPSA) is 45.2 Å². The number of piperidine rings is 1. The average Bonchev–Trinajstić information content (AvgIpc) is 2.87. The van der Waals surface area contributed by atoms with Gasteiger partial charge in [-0.1, -0.05) is 48.4 Å². The molecule has 1 N–H and O–H groups in total. The van der Waals surface area contributed by atoms with Crippen LogP contribution in [-0.4, -0.2) is 27.9 Å². The van der Waals surface area contributed by atoms with Gasteiger partial charge in [-0.05, 0) is 85.5 Å². The standard InChI is InChI=1S/C30H30ClN3O/c1-20-4-3-5-21(2)34(20)19-22-6-7-25-17-28(14-10-24(25)16-22)33-30(35)26-11-15-29(32-18-26)23-8-12-27(31)13-9-23/h6-18,20-21H,3-5,19H2,1-2H3,(H,33,35). The van der Waals surface area contributed by atoms with E-state index in [1.165, 1.54) is 30.2 Å². The third kappa shape index (κ3) is 5.39. The minimum absolute atomic E-state index is 0.177. The lowest BCUT2D eigenvalue weighted by Gasteiger charge is -2.39. The summed E-state index contributed by atoms with van der Waals surface area (Å²) in [4.78, 5) is 19.9. The van der Waals surface area contributed by atoms with E-state index in [4.69, 9.17) is 11.6 Å². The Kier molecular flexibility index (Phi) is 6.85.